The van der Waals surface area contributed by atoms with E-state index in [0.29, 0.717) is 24.1 Å². The maximum atomic E-state index is 12.0. The number of aryl methyl sites for hydroxylation is 2. The number of carbonyl (C=O) groups is 2. The van der Waals surface area contributed by atoms with Crippen LogP contribution in [0.1, 0.15) is 39.2 Å². The molecule has 2 aromatic heterocycles. The number of nitrogens with one attached hydrogen (secondary N) is 1. The summed E-state index contributed by atoms with van der Waals surface area (Å²) in [5.74, 6) is -0.966. The monoisotopic (exact) mass is 389 g/mol. The van der Waals surface area contributed by atoms with E-state index in [-0.39, 0.29) is 6.42 Å². The van der Waals surface area contributed by atoms with Gasteiger partial charge in [0, 0.05) is 41.9 Å². The van der Waals surface area contributed by atoms with Gasteiger partial charge in [0.25, 0.3) is 0 Å². The number of hydrogen-bond acceptors (Lipinski definition) is 4. The van der Waals surface area contributed by atoms with E-state index in [0.717, 1.165) is 51.9 Å². The molecule has 4 N–H and O–H groups in total. The highest BCUT2D eigenvalue weighted by atomic mass is 16.4. The molecule has 148 valence electrons. The van der Waals surface area contributed by atoms with Gasteiger partial charge in [0.1, 0.15) is 6.29 Å². The molecule has 29 heavy (non-hydrogen) atoms. The van der Waals surface area contributed by atoms with Crippen molar-refractivity contribution in [3.63, 3.8) is 0 Å². The Morgan fingerprint density at radius 3 is 2.90 bits per heavy atom. The number of hydrogen-bond donors (Lipinski definition) is 3. The van der Waals surface area contributed by atoms with Crippen LogP contribution in [0.4, 0.5) is 0 Å². The first-order valence-corrected chi connectivity index (χ1v) is 9.70. The molecule has 0 bridgehead atoms. The van der Waals surface area contributed by atoms with E-state index in [1.807, 2.05) is 37.4 Å². The molecule has 0 fully saturated rings. The summed E-state index contributed by atoms with van der Waals surface area (Å²) in [6.07, 6.45) is 4.54. The number of H-pyrrole nitrogens is 1. The standard InChI is InChI=1S/C23H23N3O3/c1-13-3-2-4-14(9-13)19-11-18-15(12-25-19)5-6-17-21(23(28)29)20(26-22(17)18)10-16(24)7-8-27/h2-4,8-9,11-12,16,26H,5-7,10,24H2,1H3,(H,28,29). The number of carboxylic acids is 1. The largest absolute Gasteiger partial charge is 0.478 e. The van der Waals surface area contributed by atoms with E-state index in [4.69, 9.17) is 5.73 Å². The Kier molecular flexibility index (Phi) is 5.03. The van der Waals surface area contributed by atoms with Crippen molar-refractivity contribution in [3.05, 3.63) is 64.5 Å². The zero-order chi connectivity index (χ0) is 20.5. The molecule has 6 heteroatoms. The maximum Gasteiger partial charge on any atom is 0.337 e. The summed E-state index contributed by atoms with van der Waals surface area (Å²) in [5, 5.41) is 9.82. The van der Waals surface area contributed by atoms with E-state index in [9.17, 15) is 14.7 Å². The molecule has 0 amide bonds. The van der Waals surface area contributed by atoms with Crippen molar-refractivity contribution in [1.82, 2.24) is 9.97 Å². The predicted molar refractivity (Wildman–Crippen MR) is 111 cm³/mol. The van der Waals surface area contributed by atoms with Gasteiger partial charge in [-0.25, -0.2) is 4.79 Å². The molecule has 1 aliphatic carbocycles. The van der Waals surface area contributed by atoms with Crippen molar-refractivity contribution < 1.29 is 14.7 Å². The van der Waals surface area contributed by atoms with Crippen molar-refractivity contribution in [2.75, 3.05) is 0 Å². The molecular weight excluding hydrogens is 366 g/mol. The SMILES string of the molecule is Cc1cccc(-c2cc3c(cn2)CCc2c-3[nH]c(CC(N)CC=O)c2C(=O)O)c1. The number of aromatic amines is 1. The average Bonchev–Trinajstić information content (AvgIpc) is 3.06. The summed E-state index contributed by atoms with van der Waals surface area (Å²) < 4.78 is 0. The average molecular weight is 389 g/mol. The molecule has 1 aromatic carbocycles. The molecule has 1 unspecified atom stereocenters. The van der Waals surface area contributed by atoms with Crippen LogP contribution in [0.2, 0.25) is 0 Å². The van der Waals surface area contributed by atoms with Gasteiger partial charge in [0.15, 0.2) is 0 Å². The molecule has 1 aliphatic rings. The van der Waals surface area contributed by atoms with Crippen LogP contribution in [0.3, 0.4) is 0 Å². The fraction of sp³-hybridized carbons (Fsp3) is 0.261. The lowest BCUT2D eigenvalue weighted by Gasteiger charge is -2.17. The quantitative estimate of drug-likeness (QED) is 0.561. The van der Waals surface area contributed by atoms with Crippen LogP contribution in [0, 0.1) is 6.92 Å². The molecule has 2 heterocycles. The Labute approximate surface area is 168 Å². The summed E-state index contributed by atoms with van der Waals surface area (Å²) in [7, 11) is 0. The van der Waals surface area contributed by atoms with Gasteiger partial charge >= 0.3 is 5.97 Å². The minimum atomic E-state index is -0.966. The van der Waals surface area contributed by atoms with Gasteiger partial charge in [-0.1, -0.05) is 23.8 Å². The second-order valence-corrected chi connectivity index (χ2v) is 7.60. The number of aromatic carboxylic acids is 1. The van der Waals surface area contributed by atoms with Gasteiger partial charge < -0.3 is 20.6 Å². The highest BCUT2D eigenvalue weighted by Gasteiger charge is 2.28. The fourth-order valence-corrected chi connectivity index (χ4v) is 4.09. The fourth-order valence-electron chi connectivity index (χ4n) is 4.09. The lowest BCUT2D eigenvalue weighted by atomic mass is 9.88. The van der Waals surface area contributed by atoms with Crippen molar-refractivity contribution in [1.29, 1.82) is 0 Å². The zero-order valence-corrected chi connectivity index (χ0v) is 16.2. The molecule has 3 aromatic rings. The molecule has 1 atom stereocenters. The number of benzene rings is 1. The topological polar surface area (TPSA) is 109 Å². The number of fused-ring (bicyclic) bond motifs is 3. The summed E-state index contributed by atoms with van der Waals surface area (Å²) in [6.45, 7) is 2.04. The number of nitrogens with two attached hydrogens (primary N) is 1. The highest BCUT2D eigenvalue weighted by molar-refractivity contribution is 5.94. The number of aldehydes is 1. The number of rotatable bonds is 6. The van der Waals surface area contributed by atoms with Crippen LogP contribution in [0.15, 0.2) is 36.5 Å². The first kappa shape index (κ1) is 19.1. The lowest BCUT2D eigenvalue weighted by Crippen LogP contribution is -2.24. The number of nitrogens with zero attached hydrogens (tertiary/aromatic N) is 1. The van der Waals surface area contributed by atoms with Crippen LogP contribution in [0.25, 0.3) is 22.5 Å². The van der Waals surface area contributed by atoms with E-state index in [2.05, 4.69) is 16.0 Å². The van der Waals surface area contributed by atoms with E-state index in [1.54, 1.807) is 0 Å². The lowest BCUT2D eigenvalue weighted by molar-refractivity contribution is -0.108. The summed E-state index contributed by atoms with van der Waals surface area (Å²) >= 11 is 0. The van der Waals surface area contributed by atoms with Gasteiger partial charge in [0.05, 0.1) is 17.0 Å². The summed E-state index contributed by atoms with van der Waals surface area (Å²) in [4.78, 5) is 30.7. The van der Waals surface area contributed by atoms with Crippen LogP contribution < -0.4 is 5.73 Å². The van der Waals surface area contributed by atoms with E-state index in [1.165, 1.54) is 0 Å². The molecule has 4 rings (SSSR count). The highest BCUT2D eigenvalue weighted by Crippen LogP contribution is 2.38. The molecule has 0 saturated carbocycles. The van der Waals surface area contributed by atoms with Gasteiger partial charge in [-0.15, -0.1) is 0 Å². The van der Waals surface area contributed by atoms with Crippen molar-refractivity contribution in [3.8, 4) is 22.5 Å². The Balaban J connectivity index is 1.82. The Hall–Kier alpha value is -3.25. The first-order valence-electron chi connectivity index (χ1n) is 9.70. The summed E-state index contributed by atoms with van der Waals surface area (Å²) in [5.41, 5.74) is 13.6. The maximum absolute atomic E-state index is 12.0. The third kappa shape index (κ3) is 3.59. The minimum absolute atomic E-state index is 0.195. The van der Waals surface area contributed by atoms with Gasteiger partial charge in [0.2, 0.25) is 0 Å². The smallest absolute Gasteiger partial charge is 0.337 e. The predicted octanol–water partition coefficient (Wildman–Crippen LogP) is 3.31. The first-order chi connectivity index (χ1) is 14.0. The van der Waals surface area contributed by atoms with Crippen molar-refractivity contribution >= 4 is 12.3 Å². The zero-order valence-electron chi connectivity index (χ0n) is 16.2. The van der Waals surface area contributed by atoms with Crippen LogP contribution >= 0.6 is 0 Å². The second-order valence-electron chi connectivity index (χ2n) is 7.60. The normalized spacial score (nSPS) is 13.4. The van der Waals surface area contributed by atoms with Crippen LogP contribution in [0.5, 0.6) is 0 Å². The third-order valence-corrected chi connectivity index (χ3v) is 5.47. The Morgan fingerprint density at radius 1 is 1.34 bits per heavy atom. The third-order valence-electron chi connectivity index (χ3n) is 5.47. The molecular formula is C23H23N3O3. The van der Waals surface area contributed by atoms with E-state index >= 15 is 0 Å². The van der Waals surface area contributed by atoms with Crippen LogP contribution in [-0.4, -0.2) is 33.4 Å². The molecule has 6 nitrogen and oxygen atoms in total. The molecule has 0 radical (unpaired) electrons. The molecule has 0 aliphatic heterocycles. The van der Waals surface area contributed by atoms with E-state index < -0.39 is 12.0 Å². The van der Waals surface area contributed by atoms with Gasteiger partial charge in [-0.2, -0.15) is 0 Å². The Bertz CT molecular complexity index is 1100. The number of aromatic nitrogens is 2. The molecule has 0 saturated heterocycles. The van der Waals surface area contributed by atoms with Crippen molar-refractivity contribution in [2.24, 2.45) is 5.73 Å². The minimum Gasteiger partial charge on any atom is -0.478 e. The summed E-state index contributed by atoms with van der Waals surface area (Å²) in [6, 6.07) is 9.76. The van der Waals surface area contributed by atoms with Gasteiger partial charge in [-0.3, -0.25) is 4.98 Å². The van der Waals surface area contributed by atoms with Crippen molar-refractivity contribution in [2.45, 2.75) is 38.6 Å². The Morgan fingerprint density at radius 2 is 2.17 bits per heavy atom. The number of carboxylic acid groups (broad SMARTS) is 1. The second kappa shape index (κ2) is 7.64. The van der Waals surface area contributed by atoms with Crippen LogP contribution in [-0.2, 0) is 24.1 Å². The van der Waals surface area contributed by atoms with Gasteiger partial charge in [-0.05, 0) is 43.0 Å². The number of carbonyl (C=O) groups excluding carboxylic acids is 1. The molecule has 0 spiro atoms. The number of pyridine rings is 1.